The average molecular weight is 440 g/mol. The number of rotatable bonds is 5. The summed E-state index contributed by atoms with van der Waals surface area (Å²) >= 11 is 5.95. The highest BCUT2D eigenvalue weighted by atomic mass is 35.5. The van der Waals surface area contributed by atoms with E-state index in [-0.39, 0.29) is 22.4 Å². The smallest absolute Gasteiger partial charge is 0.319 e. The zero-order chi connectivity index (χ0) is 21.2. The van der Waals surface area contributed by atoms with Crippen molar-refractivity contribution in [3.63, 3.8) is 0 Å². The van der Waals surface area contributed by atoms with Crippen LogP contribution < -0.4 is 10.6 Å². The highest BCUT2D eigenvalue weighted by Crippen LogP contribution is 2.42. The van der Waals surface area contributed by atoms with Crippen molar-refractivity contribution in [2.45, 2.75) is 36.2 Å². The summed E-state index contributed by atoms with van der Waals surface area (Å²) in [5.41, 5.74) is -2.08. The maximum absolute atomic E-state index is 14.7. The third kappa shape index (κ3) is 4.35. The molecule has 29 heavy (non-hydrogen) atoms. The van der Waals surface area contributed by atoms with Crippen LogP contribution in [-0.4, -0.2) is 30.6 Å². The molecule has 0 bridgehead atoms. The molecule has 0 fully saturated rings. The van der Waals surface area contributed by atoms with Crippen LogP contribution in [0.4, 0.5) is 14.9 Å². The van der Waals surface area contributed by atoms with Crippen LogP contribution in [0.2, 0.25) is 5.02 Å². The SMILES string of the molecule is CC1=CCC[C@H]1NC(=O)Nc1ccc(Cl)c(S(=O)(=O)C(F)c2ccccn2)c1O. The van der Waals surface area contributed by atoms with Crippen molar-refractivity contribution in [1.29, 1.82) is 0 Å². The molecule has 0 aliphatic heterocycles. The molecule has 0 saturated carbocycles. The quantitative estimate of drug-likeness (QED) is 0.479. The number of halogens is 2. The van der Waals surface area contributed by atoms with Crippen molar-refractivity contribution in [1.82, 2.24) is 10.3 Å². The second kappa shape index (κ2) is 8.38. The zero-order valence-corrected chi connectivity index (χ0v) is 17.0. The number of pyridine rings is 1. The van der Waals surface area contributed by atoms with E-state index in [1.165, 1.54) is 30.5 Å². The first-order chi connectivity index (χ1) is 13.7. The van der Waals surface area contributed by atoms with E-state index in [0.29, 0.717) is 0 Å². The molecule has 154 valence electrons. The number of phenolic OH excluding ortho intramolecular Hbond substituents is 1. The van der Waals surface area contributed by atoms with E-state index >= 15 is 0 Å². The van der Waals surface area contributed by atoms with Gasteiger partial charge in [-0.2, -0.15) is 0 Å². The van der Waals surface area contributed by atoms with Crippen molar-refractivity contribution in [2.75, 3.05) is 5.32 Å². The van der Waals surface area contributed by atoms with Gasteiger partial charge in [-0.15, -0.1) is 0 Å². The second-order valence-electron chi connectivity index (χ2n) is 6.56. The maximum atomic E-state index is 14.7. The van der Waals surface area contributed by atoms with E-state index < -0.39 is 32.0 Å². The maximum Gasteiger partial charge on any atom is 0.319 e. The fourth-order valence-electron chi connectivity index (χ4n) is 3.04. The van der Waals surface area contributed by atoms with E-state index in [1.807, 2.05) is 13.0 Å². The molecule has 1 aliphatic rings. The van der Waals surface area contributed by atoms with Crippen LogP contribution in [0.3, 0.4) is 0 Å². The third-order valence-corrected chi connectivity index (χ3v) is 6.78. The number of aromatic hydroxyl groups is 1. The number of allylic oxidation sites excluding steroid dienone is 1. The number of sulfone groups is 1. The largest absolute Gasteiger partial charge is 0.504 e. The molecule has 1 aliphatic carbocycles. The molecule has 2 amide bonds. The van der Waals surface area contributed by atoms with Gasteiger partial charge in [-0.05, 0) is 44.0 Å². The fraction of sp³-hybridized carbons (Fsp3) is 0.263. The molecule has 1 heterocycles. The van der Waals surface area contributed by atoms with Crippen molar-refractivity contribution < 1.29 is 22.7 Å². The van der Waals surface area contributed by atoms with Gasteiger partial charge in [0.05, 0.1) is 22.4 Å². The number of hydrogen-bond donors (Lipinski definition) is 3. The number of nitrogens with one attached hydrogen (secondary N) is 2. The van der Waals surface area contributed by atoms with Crippen molar-refractivity contribution in [2.24, 2.45) is 0 Å². The lowest BCUT2D eigenvalue weighted by Gasteiger charge is -2.17. The van der Waals surface area contributed by atoms with Gasteiger partial charge in [-0.25, -0.2) is 17.6 Å². The Kier molecular flexibility index (Phi) is 6.09. The lowest BCUT2D eigenvalue weighted by molar-refractivity contribution is 0.249. The number of carbonyl (C=O) groups excluding carboxylic acids is 1. The number of carbonyl (C=O) groups is 1. The Hall–Kier alpha value is -2.65. The van der Waals surface area contributed by atoms with Crippen LogP contribution in [0.5, 0.6) is 5.75 Å². The molecular formula is C19H19ClFN3O4S. The molecule has 7 nitrogen and oxygen atoms in total. The number of alkyl halides is 1. The van der Waals surface area contributed by atoms with Gasteiger partial charge in [0.25, 0.3) is 0 Å². The number of urea groups is 1. The summed E-state index contributed by atoms with van der Waals surface area (Å²) in [7, 11) is -4.73. The van der Waals surface area contributed by atoms with Crippen LogP contribution in [-0.2, 0) is 9.84 Å². The molecule has 1 aromatic heterocycles. The summed E-state index contributed by atoms with van der Waals surface area (Å²) in [5, 5.41) is 15.2. The van der Waals surface area contributed by atoms with E-state index in [2.05, 4.69) is 15.6 Å². The van der Waals surface area contributed by atoms with Gasteiger partial charge in [-0.1, -0.05) is 29.3 Å². The second-order valence-corrected chi connectivity index (χ2v) is 8.88. The number of nitrogens with zero attached hydrogens (tertiary/aromatic N) is 1. The summed E-state index contributed by atoms with van der Waals surface area (Å²) in [6, 6.07) is 5.78. The Bertz CT molecular complexity index is 1060. The van der Waals surface area contributed by atoms with Gasteiger partial charge in [-0.3, -0.25) is 4.98 Å². The van der Waals surface area contributed by atoms with E-state index in [0.717, 1.165) is 24.5 Å². The fourth-order valence-corrected chi connectivity index (χ4v) is 4.90. The number of amides is 2. The Morgan fingerprint density at radius 1 is 1.34 bits per heavy atom. The first-order valence-corrected chi connectivity index (χ1v) is 10.7. The molecular weight excluding hydrogens is 421 g/mol. The van der Waals surface area contributed by atoms with Gasteiger partial charge in [0, 0.05) is 6.20 Å². The van der Waals surface area contributed by atoms with Gasteiger partial charge in [0.2, 0.25) is 15.3 Å². The zero-order valence-electron chi connectivity index (χ0n) is 15.4. The standard InChI is InChI=1S/C19H19ClFN3O4S/c1-11-5-4-7-13(11)23-19(26)24-14-9-8-12(20)17(16(14)25)29(27,28)18(21)15-6-2-3-10-22-15/h2-3,5-6,8-10,13,18,25H,4,7H2,1H3,(H2,23,24,26)/t13-,18?/m1/s1. The minimum absolute atomic E-state index is 0.146. The lowest BCUT2D eigenvalue weighted by Crippen LogP contribution is -2.37. The molecule has 2 atom stereocenters. The summed E-state index contributed by atoms with van der Waals surface area (Å²) < 4.78 is 40.2. The average Bonchev–Trinajstić information content (AvgIpc) is 3.08. The summed E-state index contributed by atoms with van der Waals surface area (Å²) in [4.78, 5) is 15.1. The topological polar surface area (TPSA) is 108 Å². The Balaban J connectivity index is 1.89. The Labute approximate surface area is 172 Å². The van der Waals surface area contributed by atoms with Crippen LogP contribution in [0.25, 0.3) is 0 Å². The molecule has 3 N–H and O–H groups in total. The highest BCUT2D eigenvalue weighted by Gasteiger charge is 2.35. The molecule has 10 heteroatoms. The minimum Gasteiger partial charge on any atom is -0.504 e. The monoisotopic (exact) mass is 439 g/mol. The minimum atomic E-state index is -4.73. The summed E-state index contributed by atoms with van der Waals surface area (Å²) in [5.74, 6) is -0.843. The number of hydrogen-bond acceptors (Lipinski definition) is 5. The Morgan fingerprint density at radius 2 is 2.10 bits per heavy atom. The molecule has 1 unspecified atom stereocenters. The van der Waals surface area contributed by atoms with Crippen LogP contribution >= 0.6 is 11.6 Å². The lowest BCUT2D eigenvalue weighted by atomic mass is 10.2. The molecule has 1 aromatic carbocycles. The number of anilines is 1. The highest BCUT2D eigenvalue weighted by molar-refractivity contribution is 7.91. The van der Waals surface area contributed by atoms with E-state index in [4.69, 9.17) is 11.6 Å². The van der Waals surface area contributed by atoms with Crippen molar-refractivity contribution in [3.05, 3.63) is 58.9 Å². The van der Waals surface area contributed by atoms with Gasteiger partial charge < -0.3 is 15.7 Å². The van der Waals surface area contributed by atoms with Crippen LogP contribution in [0, 0.1) is 0 Å². The van der Waals surface area contributed by atoms with Gasteiger partial charge in [0.15, 0.2) is 5.75 Å². The number of benzene rings is 1. The number of aromatic nitrogens is 1. The van der Waals surface area contributed by atoms with Crippen molar-refractivity contribution in [3.8, 4) is 5.75 Å². The predicted octanol–water partition coefficient (Wildman–Crippen LogP) is 4.11. The van der Waals surface area contributed by atoms with Crippen molar-refractivity contribution >= 4 is 33.2 Å². The number of phenols is 1. The molecule has 0 saturated heterocycles. The molecule has 0 radical (unpaired) electrons. The third-order valence-electron chi connectivity index (χ3n) is 4.59. The molecule has 2 aromatic rings. The van der Waals surface area contributed by atoms with E-state index in [9.17, 15) is 22.7 Å². The van der Waals surface area contributed by atoms with Crippen LogP contribution in [0.15, 0.2) is 53.1 Å². The molecule has 0 spiro atoms. The van der Waals surface area contributed by atoms with E-state index in [1.54, 1.807) is 0 Å². The van der Waals surface area contributed by atoms with Crippen LogP contribution in [0.1, 0.15) is 31.0 Å². The Morgan fingerprint density at radius 3 is 2.72 bits per heavy atom. The van der Waals surface area contributed by atoms with Gasteiger partial charge in [0.1, 0.15) is 4.90 Å². The first-order valence-electron chi connectivity index (χ1n) is 8.76. The first kappa shape index (κ1) is 21.1. The van der Waals surface area contributed by atoms with Gasteiger partial charge >= 0.3 is 6.03 Å². The predicted molar refractivity (Wildman–Crippen MR) is 107 cm³/mol. The summed E-state index contributed by atoms with van der Waals surface area (Å²) in [6.07, 6.45) is 4.85. The summed E-state index contributed by atoms with van der Waals surface area (Å²) in [6.45, 7) is 1.89. The molecule has 3 rings (SSSR count). The normalized spacial score (nSPS) is 17.5.